The molecule has 0 radical (unpaired) electrons. The number of hydrogen-bond donors (Lipinski definition) is 1. The second kappa shape index (κ2) is 5.95. The van der Waals surface area contributed by atoms with Crippen molar-refractivity contribution in [3.8, 4) is 5.75 Å². The van der Waals surface area contributed by atoms with Gasteiger partial charge in [0.2, 0.25) is 0 Å². The Balaban J connectivity index is 2.38. The normalized spacial score (nSPS) is 12.3. The molecule has 0 aliphatic rings. The second-order valence-electron chi connectivity index (χ2n) is 4.37. The van der Waals surface area contributed by atoms with Gasteiger partial charge in [0, 0.05) is 9.50 Å². The fourth-order valence-electron chi connectivity index (χ4n) is 2.03. The van der Waals surface area contributed by atoms with Crippen molar-refractivity contribution in [2.24, 2.45) is 5.73 Å². The molecule has 0 amide bonds. The van der Waals surface area contributed by atoms with Gasteiger partial charge in [-0.15, -0.1) is 0 Å². The Kier molecular flexibility index (Phi) is 4.50. The SMILES string of the molecule is COc1ccc(C(N)c2ccc(Br)cc2Cl)cc1C. The summed E-state index contributed by atoms with van der Waals surface area (Å²) in [4.78, 5) is 0. The van der Waals surface area contributed by atoms with E-state index in [1.807, 2.05) is 43.3 Å². The summed E-state index contributed by atoms with van der Waals surface area (Å²) in [6.07, 6.45) is 0. The van der Waals surface area contributed by atoms with E-state index in [9.17, 15) is 0 Å². The van der Waals surface area contributed by atoms with Gasteiger partial charge in [0.25, 0.3) is 0 Å². The number of hydrogen-bond acceptors (Lipinski definition) is 2. The lowest BCUT2D eigenvalue weighted by atomic mass is 9.98. The van der Waals surface area contributed by atoms with Gasteiger partial charge in [-0.1, -0.05) is 45.7 Å². The minimum atomic E-state index is -0.245. The van der Waals surface area contributed by atoms with Crippen LogP contribution < -0.4 is 10.5 Å². The fourth-order valence-corrected chi connectivity index (χ4v) is 2.82. The summed E-state index contributed by atoms with van der Waals surface area (Å²) in [5.41, 5.74) is 9.27. The highest BCUT2D eigenvalue weighted by atomic mass is 79.9. The van der Waals surface area contributed by atoms with Gasteiger partial charge < -0.3 is 10.5 Å². The van der Waals surface area contributed by atoms with Crippen molar-refractivity contribution in [2.75, 3.05) is 7.11 Å². The number of rotatable bonds is 3. The van der Waals surface area contributed by atoms with E-state index >= 15 is 0 Å². The summed E-state index contributed by atoms with van der Waals surface area (Å²) < 4.78 is 6.20. The predicted molar refractivity (Wildman–Crippen MR) is 82.9 cm³/mol. The molecular weight excluding hydrogens is 326 g/mol. The number of benzene rings is 2. The quantitative estimate of drug-likeness (QED) is 0.895. The summed E-state index contributed by atoms with van der Waals surface area (Å²) in [6, 6.07) is 11.4. The highest BCUT2D eigenvalue weighted by Crippen LogP contribution is 2.30. The lowest BCUT2D eigenvalue weighted by Gasteiger charge is -2.16. The Morgan fingerprint density at radius 3 is 2.53 bits per heavy atom. The van der Waals surface area contributed by atoms with E-state index < -0.39 is 0 Å². The van der Waals surface area contributed by atoms with Crippen LogP contribution in [0.15, 0.2) is 40.9 Å². The molecule has 4 heteroatoms. The van der Waals surface area contributed by atoms with Crippen LogP contribution in [0, 0.1) is 6.92 Å². The Bertz CT molecular complexity index is 601. The average Bonchev–Trinajstić information content (AvgIpc) is 2.38. The molecule has 0 bridgehead atoms. The Labute approximate surface area is 126 Å². The molecule has 2 rings (SSSR count). The Morgan fingerprint density at radius 2 is 1.95 bits per heavy atom. The van der Waals surface area contributed by atoms with Crippen molar-refractivity contribution in [2.45, 2.75) is 13.0 Å². The fraction of sp³-hybridized carbons (Fsp3) is 0.200. The molecule has 0 spiro atoms. The van der Waals surface area contributed by atoms with Crippen LogP contribution in [-0.4, -0.2) is 7.11 Å². The van der Waals surface area contributed by atoms with Crippen LogP contribution >= 0.6 is 27.5 Å². The minimum Gasteiger partial charge on any atom is -0.496 e. The van der Waals surface area contributed by atoms with Gasteiger partial charge in [-0.2, -0.15) is 0 Å². The molecule has 0 heterocycles. The van der Waals surface area contributed by atoms with Gasteiger partial charge in [-0.3, -0.25) is 0 Å². The van der Waals surface area contributed by atoms with E-state index in [-0.39, 0.29) is 6.04 Å². The summed E-state index contributed by atoms with van der Waals surface area (Å²) in [5, 5.41) is 0.662. The minimum absolute atomic E-state index is 0.245. The molecule has 0 aliphatic heterocycles. The first kappa shape index (κ1) is 14.4. The van der Waals surface area contributed by atoms with Gasteiger partial charge in [-0.25, -0.2) is 0 Å². The molecule has 2 N–H and O–H groups in total. The van der Waals surface area contributed by atoms with Crippen LogP contribution in [0.3, 0.4) is 0 Å². The van der Waals surface area contributed by atoms with Gasteiger partial charge in [0.1, 0.15) is 5.75 Å². The van der Waals surface area contributed by atoms with Crippen LogP contribution in [0.5, 0.6) is 5.75 Å². The summed E-state index contributed by atoms with van der Waals surface area (Å²) >= 11 is 9.63. The van der Waals surface area contributed by atoms with Crippen LogP contribution in [0.1, 0.15) is 22.7 Å². The van der Waals surface area contributed by atoms with Gasteiger partial charge in [0.15, 0.2) is 0 Å². The smallest absolute Gasteiger partial charge is 0.121 e. The van der Waals surface area contributed by atoms with E-state index in [1.54, 1.807) is 7.11 Å². The van der Waals surface area contributed by atoms with Crippen LogP contribution in [-0.2, 0) is 0 Å². The van der Waals surface area contributed by atoms with Crippen molar-refractivity contribution in [3.05, 3.63) is 62.6 Å². The first-order valence-electron chi connectivity index (χ1n) is 5.88. The van der Waals surface area contributed by atoms with E-state index in [0.717, 1.165) is 26.9 Å². The highest BCUT2D eigenvalue weighted by Gasteiger charge is 2.13. The Morgan fingerprint density at radius 1 is 1.21 bits per heavy atom. The maximum Gasteiger partial charge on any atom is 0.121 e. The molecule has 1 atom stereocenters. The largest absolute Gasteiger partial charge is 0.496 e. The molecule has 100 valence electrons. The zero-order valence-corrected chi connectivity index (χ0v) is 13.1. The molecule has 0 aliphatic carbocycles. The van der Waals surface area contributed by atoms with Crippen molar-refractivity contribution >= 4 is 27.5 Å². The maximum absolute atomic E-state index is 6.29. The molecule has 2 nitrogen and oxygen atoms in total. The third-order valence-electron chi connectivity index (χ3n) is 3.08. The first-order valence-corrected chi connectivity index (χ1v) is 7.05. The number of halogens is 2. The molecule has 2 aromatic rings. The molecule has 1 unspecified atom stereocenters. The van der Waals surface area contributed by atoms with Gasteiger partial charge >= 0.3 is 0 Å². The standard InChI is InChI=1S/C15H15BrClNO/c1-9-7-10(3-6-14(9)19-2)15(18)12-5-4-11(16)8-13(12)17/h3-8,15H,18H2,1-2H3. The third-order valence-corrected chi connectivity index (χ3v) is 3.90. The van der Waals surface area contributed by atoms with Crippen LogP contribution in [0.25, 0.3) is 0 Å². The molecule has 19 heavy (non-hydrogen) atoms. The number of nitrogens with two attached hydrogens (primary N) is 1. The van der Waals surface area contributed by atoms with Gasteiger partial charge in [0.05, 0.1) is 13.2 Å². The topological polar surface area (TPSA) is 35.2 Å². The van der Waals surface area contributed by atoms with Crippen LogP contribution in [0.2, 0.25) is 5.02 Å². The summed E-state index contributed by atoms with van der Waals surface area (Å²) in [6.45, 7) is 2.00. The molecule has 0 aromatic heterocycles. The summed E-state index contributed by atoms with van der Waals surface area (Å²) in [7, 11) is 1.66. The highest BCUT2D eigenvalue weighted by molar-refractivity contribution is 9.10. The van der Waals surface area contributed by atoms with E-state index in [1.165, 1.54) is 0 Å². The molecular formula is C15H15BrClNO. The molecule has 0 saturated carbocycles. The lowest BCUT2D eigenvalue weighted by molar-refractivity contribution is 0.411. The zero-order chi connectivity index (χ0) is 14.0. The van der Waals surface area contributed by atoms with Crippen LogP contribution in [0.4, 0.5) is 0 Å². The van der Waals surface area contributed by atoms with E-state index in [4.69, 9.17) is 22.1 Å². The third kappa shape index (κ3) is 3.11. The zero-order valence-electron chi connectivity index (χ0n) is 10.8. The number of ether oxygens (including phenoxy) is 1. The van der Waals surface area contributed by atoms with Gasteiger partial charge in [-0.05, 0) is 41.8 Å². The predicted octanol–water partition coefficient (Wildman–Crippen LogP) is 4.47. The second-order valence-corrected chi connectivity index (χ2v) is 5.70. The average molecular weight is 341 g/mol. The maximum atomic E-state index is 6.29. The number of aryl methyl sites for hydroxylation is 1. The van der Waals surface area contributed by atoms with E-state index in [2.05, 4.69) is 15.9 Å². The molecule has 2 aromatic carbocycles. The van der Waals surface area contributed by atoms with E-state index in [0.29, 0.717) is 5.02 Å². The summed E-state index contributed by atoms with van der Waals surface area (Å²) in [5.74, 6) is 0.859. The lowest BCUT2D eigenvalue weighted by Crippen LogP contribution is -2.12. The first-order chi connectivity index (χ1) is 9.02. The van der Waals surface area contributed by atoms with Crippen molar-refractivity contribution < 1.29 is 4.74 Å². The monoisotopic (exact) mass is 339 g/mol. The number of methoxy groups -OCH3 is 1. The molecule has 0 fully saturated rings. The van der Waals surface area contributed by atoms with Crippen molar-refractivity contribution in [1.29, 1.82) is 0 Å². The Hall–Kier alpha value is -1.03. The van der Waals surface area contributed by atoms with Crippen molar-refractivity contribution in [1.82, 2.24) is 0 Å². The molecule has 0 saturated heterocycles. The van der Waals surface area contributed by atoms with Crippen molar-refractivity contribution in [3.63, 3.8) is 0 Å².